The van der Waals surface area contributed by atoms with Crippen LogP contribution in [0.2, 0.25) is 0 Å². The molecule has 3 N–H and O–H groups in total. The van der Waals surface area contributed by atoms with E-state index in [1.54, 1.807) is 0 Å². The van der Waals surface area contributed by atoms with Crippen LogP contribution in [-0.2, 0) is 19.1 Å². The van der Waals surface area contributed by atoms with Gasteiger partial charge in [-0.3, -0.25) is 4.68 Å². The third-order valence-corrected chi connectivity index (χ3v) is 6.94. The number of halogens is 3. The van der Waals surface area contributed by atoms with E-state index in [9.17, 15) is 23.4 Å². The molecule has 2 atom stereocenters. The Morgan fingerprint density at radius 2 is 1.79 bits per heavy atom. The molecule has 0 aliphatic carbocycles. The van der Waals surface area contributed by atoms with Crippen molar-refractivity contribution in [2.75, 3.05) is 26.2 Å². The molecule has 0 spiro atoms. The van der Waals surface area contributed by atoms with E-state index in [2.05, 4.69) is 15.3 Å². The SMILES string of the molecule is CC(C)(O)C1CCN(CC(O)Cn2nc(C(F)(F)F)c3c2CCNC3c2ccccc2)CC1. The number of benzene rings is 1. The predicted octanol–water partition coefficient (Wildman–Crippen LogP) is 2.98. The zero-order chi connectivity index (χ0) is 23.8. The largest absolute Gasteiger partial charge is 0.435 e. The fraction of sp³-hybridized carbons (Fsp3) is 0.625. The number of rotatable bonds is 6. The summed E-state index contributed by atoms with van der Waals surface area (Å²) in [6, 6.07) is 8.51. The minimum Gasteiger partial charge on any atom is -0.390 e. The highest BCUT2D eigenvalue weighted by atomic mass is 19.4. The molecule has 1 fully saturated rings. The summed E-state index contributed by atoms with van der Waals surface area (Å²) >= 11 is 0. The van der Waals surface area contributed by atoms with Crippen molar-refractivity contribution < 1.29 is 23.4 Å². The highest BCUT2D eigenvalue weighted by Gasteiger charge is 2.43. The van der Waals surface area contributed by atoms with Crippen LogP contribution in [0.15, 0.2) is 30.3 Å². The van der Waals surface area contributed by atoms with Crippen molar-refractivity contribution in [2.45, 2.75) is 63.6 Å². The van der Waals surface area contributed by atoms with Gasteiger partial charge in [0.05, 0.1) is 24.3 Å². The third kappa shape index (κ3) is 5.42. The Morgan fingerprint density at radius 3 is 2.39 bits per heavy atom. The number of β-amino-alcohol motifs (C(OH)–C–C–N with tert-alkyl or cyclic N) is 1. The molecule has 2 unspecified atom stereocenters. The average molecular weight is 467 g/mol. The molecule has 1 aromatic carbocycles. The summed E-state index contributed by atoms with van der Waals surface area (Å²) in [5, 5.41) is 28.1. The number of hydrogen-bond donors (Lipinski definition) is 3. The second kappa shape index (κ2) is 9.37. The topological polar surface area (TPSA) is 73.5 Å². The Bertz CT molecular complexity index is 932. The first kappa shape index (κ1) is 24.2. The van der Waals surface area contributed by atoms with Gasteiger partial charge in [0.15, 0.2) is 5.69 Å². The van der Waals surface area contributed by atoms with Gasteiger partial charge in [0.2, 0.25) is 0 Å². The molecule has 0 radical (unpaired) electrons. The van der Waals surface area contributed by atoms with E-state index in [0.29, 0.717) is 25.2 Å². The van der Waals surface area contributed by atoms with Crippen LogP contribution in [-0.4, -0.2) is 62.8 Å². The number of hydrogen-bond acceptors (Lipinski definition) is 5. The van der Waals surface area contributed by atoms with E-state index >= 15 is 0 Å². The maximum atomic E-state index is 13.9. The molecule has 2 aliphatic heterocycles. The molecule has 4 rings (SSSR count). The molecule has 9 heteroatoms. The lowest BCUT2D eigenvalue weighted by atomic mass is 9.83. The molecular formula is C24H33F3N4O2. The number of nitrogens with one attached hydrogen (secondary N) is 1. The van der Waals surface area contributed by atoms with Gasteiger partial charge in [-0.05, 0) is 51.3 Å². The van der Waals surface area contributed by atoms with Gasteiger partial charge in [0.25, 0.3) is 0 Å². The van der Waals surface area contributed by atoms with Crippen molar-refractivity contribution in [2.24, 2.45) is 5.92 Å². The average Bonchev–Trinajstić information content (AvgIpc) is 3.13. The smallest absolute Gasteiger partial charge is 0.390 e. The molecule has 0 amide bonds. The van der Waals surface area contributed by atoms with Crippen LogP contribution in [0.3, 0.4) is 0 Å². The predicted molar refractivity (Wildman–Crippen MR) is 119 cm³/mol. The van der Waals surface area contributed by atoms with Crippen molar-refractivity contribution in [3.63, 3.8) is 0 Å². The standard InChI is InChI=1S/C24H33F3N4O2/c1-23(2,33)17-9-12-30(13-10-17)14-18(32)15-31-19-8-11-28-21(16-6-4-3-5-7-16)20(19)22(29-31)24(25,26)27/h3-7,17-18,21,28,32-33H,8-15H2,1-2H3. The first-order valence-electron chi connectivity index (χ1n) is 11.6. The van der Waals surface area contributed by atoms with Crippen molar-refractivity contribution in [3.8, 4) is 0 Å². The quantitative estimate of drug-likeness (QED) is 0.611. The lowest BCUT2D eigenvalue weighted by Crippen LogP contribution is -2.45. The molecule has 0 bridgehead atoms. The van der Waals surface area contributed by atoms with E-state index in [0.717, 1.165) is 31.5 Å². The van der Waals surface area contributed by atoms with Gasteiger partial charge in [0, 0.05) is 30.8 Å². The lowest BCUT2D eigenvalue weighted by molar-refractivity contribution is -0.142. The summed E-state index contributed by atoms with van der Waals surface area (Å²) in [4.78, 5) is 2.11. The van der Waals surface area contributed by atoms with Crippen LogP contribution in [0.5, 0.6) is 0 Å². The molecule has 0 saturated carbocycles. The normalized spacial score (nSPS) is 21.7. The minimum atomic E-state index is -4.58. The summed E-state index contributed by atoms with van der Waals surface area (Å²) < 4.78 is 43.1. The van der Waals surface area contributed by atoms with E-state index in [1.807, 2.05) is 44.2 Å². The first-order valence-corrected chi connectivity index (χ1v) is 11.6. The zero-order valence-electron chi connectivity index (χ0n) is 19.1. The maximum Gasteiger partial charge on any atom is 0.435 e. The molecule has 1 saturated heterocycles. The summed E-state index contributed by atoms with van der Waals surface area (Å²) in [5.74, 6) is 0.209. The van der Waals surface area contributed by atoms with E-state index in [-0.39, 0.29) is 18.0 Å². The highest BCUT2D eigenvalue weighted by molar-refractivity contribution is 5.41. The summed E-state index contributed by atoms with van der Waals surface area (Å²) in [6.45, 7) is 6.06. The van der Waals surface area contributed by atoms with Crippen LogP contribution in [0.25, 0.3) is 0 Å². The Hall–Kier alpha value is -1.94. The minimum absolute atomic E-state index is 0.0192. The zero-order valence-corrected chi connectivity index (χ0v) is 19.1. The Kier molecular flexibility index (Phi) is 6.87. The van der Waals surface area contributed by atoms with Gasteiger partial charge in [-0.25, -0.2) is 0 Å². The second-order valence-corrected chi connectivity index (χ2v) is 9.82. The van der Waals surface area contributed by atoms with Crippen molar-refractivity contribution >= 4 is 0 Å². The third-order valence-electron chi connectivity index (χ3n) is 6.94. The number of aliphatic hydroxyl groups is 2. The molecule has 3 heterocycles. The van der Waals surface area contributed by atoms with Crippen LogP contribution >= 0.6 is 0 Å². The van der Waals surface area contributed by atoms with Gasteiger partial charge in [-0.2, -0.15) is 18.3 Å². The number of aromatic nitrogens is 2. The Balaban J connectivity index is 1.51. The fourth-order valence-corrected chi connectivity index (χ4v) is 5.18. The van der Waals surface area contributed by atoms with E-state index < -0.39 is 29.6 Å². The summed E-state index contributed by atoms with van der Waals surface area (Å²) in [7, 11) is 0. The number of fused-ring (bicyclic) bond motifs is 1. The van der Waals surface area contributed by atoms with Crippen LogP contribution in [0.4, 0.5) is 13.2 Å². The van der Waals surface area contributed by atoms with Crippen LogP contribution in [0.1, 0.15) is 55.2 Å². The van der Waals surface area contributed by atoms with Crippen LogP contribution in [0, 0.1) is 5.92 Å². The highest BCUT2D eigenvalue weighted by Crippen LogP contribution is 2.39. The van der Waals surface area contributed by atoms with Crippen LogP contribution < -0.4 is 5.32 Å². The number of likely N-dealkylation sites (tertiary alicyclic amines) is 1. The molecule has 2 aliphatic rings. The number of alkyl halides is 3. The lowest BCUT2D eigenvalue weighted by Gasteiger charge is -2.38. The van der Waals surface area contributed by atoms with Crippen molar-refractivity contribution in [1.82, 2.24) is 20.0 Å². The fourth-order valence-electron chi connectivity index (χ4n) is 5.18. The molecule has 1 aromatic heterocycles. The van der Waals surface area contributed by atoms with Gasteiger partial charge in [0.1, 0.15) is 0 Å². The first-order chi connectivity index (χ1) is 15.5. The molecule has 33 heavy (non-hydrogen) atoms. The Labute approximate surface area is 192 Å². The molecule has 6 nitrogen and oxygen atoms in total. The second-order valence-electron chi connectivity index (χ2n) is 9.82. The van der Waals surface area contributed by atoms with Gasteiger partial charge in [-0.1, -0.05) is 30.3 Å². The number of nitrogens with zero attached hydrogens (tertiary/aromatic N) is 3. The molecular weight excluding hydrogens is 433 g/mol. The van der Waals surface area contributed by atoms with Crippen molar-refractivity contribution in [1.29, 1.82) is 0 Å². The van der Waals surface area contributed by atoms with Gasteiger partial charge >= 0.3 is 6.18 Å². The number of aliphatic hydroxyl groups excluding tert-OH is 1. The molecule has 2 aromatic rings. The molecule has 182 valence electrons. The summed E-state index contributed by atoms with van der Waals surface area (Å²) in [5.41, 5.74) is -0.140. The maximum absolute atomic E-state index is 13.9. The monoisotopic (exact) mass is 466 g/mol. The summed E-state index contributed by atoms with van der Waals surface area (Å²) in [6.07, 6.45) is -3.33. The van der Waals surface area contributed by atoms with Gasteiger partial charge < -0.3 is 20.4 Å². The Morgan fingerprint density at radius 1 is 1.12 bits per heavy atom. The number of piperidine rings is 1. The van der Waals surface area contributed by atoms with Crippen molar-refractivity contribution in [3.05, 3.63) is 52.8 Å². The van der Waals surface area contributed by atoms with E-state index in [4.69, 9.17) is 0 Å². The van der Waals surface area contributed by atoms with E-state index in [1.165, 1.54) is 4.68 Å². The van der Waals surface area contributed by atoms with Gasteiger partial charge in [-0.15, -0.1) is 0 Å².